The lowest BCUT2D eigenvalue weighted by Crippen LogP contribution is -2.13. The van der Waals surface area contributed by atoms with Gasteiger partial charge < -0.3 is 10.1 Å². The van der Waals surface area contributed by atoms with Gasteiger partial charge in [-0.2, -0.15) is 13.2 Å². The molecule has 1 aromatic carbocycles. The maximum Gasteiger partial charge on any atom is 0.416 e. The summed E-state index contributed by atoms with van der Waals surface area (Å²) in [6.07, 6.45) is -2.75. The normalized spacial score (nSPS) is 18.6. The molecule has 0 amide bonds. The lowest BCUT2D eigenvalue weighted by Gasteiger charge is -2.15. The largest absolute Gasteiger partial charge is 0.493 e. The summed E-state index contributed by atoms with van der Waals surface area (Å²) >= 11 is 0. The van der Waals surface area contributed by atoms with Crippen LogP contribution in [-0.4, -0.2) is 20.2 Å². The van der Waals surface area contributed by atoms with Crippen LogP contribution in [0, 0.1) is 0 Å². The van der Waals surface area contributed by atoms with Crippen LogP contribution in [-0.2, 0) is 6.18 Å². The summed E-state index contributed by atoms with van der Waals surface area (Å²) in [4.78, 5) is 0. The highest BCUT2D eigenvalue weighted by Gasteiger charge is 2.39. The lowest BCUT2D eigenvalue weighted by molar-refractivity contribution is -0.138. The minimum atomic E-state index is -4.31. The third-order valence-electron chi connectivity index (χ3n) is 3.20. The van der Waals surface area contributed by atoms with Crippen molar-refractivity contribution in [1.29, 1.82) is 0 Å². The standard InChI is InChI=1S/C13H16F3NO/c1-17-7-3-4-9-8-18-11-6-2-5-10(12(9)11)13(14,15)16/h2,5-6,9,17H,3-4,7-8H2,1H3. The van der Waals surface area contributed by atoms with Crippen molar-refractivity contribution in [3.8, 4) is 5.75 Å². The van der Waals surface area contributed by atoms with Gasteiger partial charge in [0.1, 0.15) is 5.75 Å². The predicted molar refractivity (Wildman–Crippen MR) is 62.8 cm³/mol. The van der Waals surface area contributed by atoms with Crippen molar-refractivity contribution in [2.24, 2.45) is 0 Å². The Morgan fingerprint density at radius 2 is 2.17 bits per heavy atom. The maximum absolute atomic E-state index is 12.9. The first-order valence-corrected chi connectivity index (χ1v) is 6.01. The highest BCUT2D eigenvalue weighted by molar-refractivity contribution is 5.47. The summed E-state index contributed by atoms with van der Waals surface area (Å²) in [7, 11) is 1.83. The molecule has 0 radical (unpaired) electrons. The fourth-order valence-electron chi connectivity index (χ4n) is 2.36. The van der Waals surface area contributed by atoms with Gasteiger partial charge >= 0.3 is 6.18 Å². The Hall–Kier alpha value is -1.23. The minimum Gasteiger partial charge on any atom is -0.493 e. The fraction of sp³-hybridized carbons (Fsp3) is 0.538. The van der Waals surface area contributed by atoms with Gasteiger partial charge in [0.2, 0.25) is 0 Å². The second kappa shape index (κ2) is 5.18. The van der Waals surface area contributed by atoms with Crippen molar-refractivity contribution in [2.45, 2.75) is 24.9 Å². The van der Waals surface area contributed by atoms with Crippen LogP contribution in [0.3, 0.4) is 0 Å². The lowest BCUT2D eigenvalue weighted by atomic mass is 9.92. The molecule has 0 fully saturated rings. The summed E-state index contributed by atoms with van der Waals surface area (Å²) in [5, 5.41) is 3.00. The highest BCUT2D eigenvalue weighted by Crippen LogP contribution is 2.44. The van der Waals surface area contributed by atoms with E-state index in [1.165, 1.54) is 6.07 Å². The van der Waals surface area contributed by atoms with E-state index in [2.05, 4.69) is 5.32 Å². The van der Waals surface area contributed by atoms with Gasteiger partial charge in [0.25, 0.3) is 0 Å². The molecule has 2 rings (SSSR count). The van der Waals surface area contributed by atoms with E-state index in [-0.39, 0.29) is 5.92 Å². The average Bonchev–Trinajstić information content (AvgIpc) is 2.71. The number of fused-ring (bicyclic) bond motifs is 1. The molecular weight excluding hydrogens is 243 g/mol. The highest BCUT2D eigenvalue weighted by atomic mass is 19.4. The van der Waals surface area contributed by atoms with Crippen LogP contribution in [0.25, 0.3) is 0 Å². The Labute approximate surface area is 104 Å². The van der Waals surface area contributed by atoms with E-state index in [9.17, 15) is 13.2 Å². The van der Waals surface area contributed by atoms with E-state index >= 15 is 0 Å². The van der Waals surface area contributed by atoms with Crippen molar-refractivity contribution >= 4 is 0 Å². The number of hydrogen-bond acceptors (Lipinski definition) is 2. The van der Waals surface area contributed by atoms with Crippen molar-refractivity contribution in [2.75, 3.05) is 20.2 Å². The van der Waals surface area contributed by atoms with Gasteiger partial charge in [0.05, 0.1) is 12.2 Å². The zero-order chi connectivity index (χ0) is 13.2. The van der Waals surface area contributed by atoms with Crippen LogP contribution in [0.1, 0.15) is 29.9 Å². The van der Waals surface area contributed by atoms with Crippen LogP contribution in [0.15, 0.2) is 18.2 Å². The summed E-state index contributed by atoms with van der Waals surface area (Å²) in [5.41, 5.74) is -0.215. The third-order valence-corrected chi connectivity index (χ3v) is 3.20. The summed E-state index contributed by atoms with van der Waals surface area (Å²) in [6, 6.07) is 4.15. The van der Waals surface area contributed by atoms with E-state index in [1.807, 2.05) is 7.05 Å². The summed E-state index contributed by atoms with van der Waals surface area (Å²) < 4.78 is 44.2. The first-order valence-electron chi connectivity index (χ1n) is 6.01. The van der Waals surface area contributed by atoms with Crippen LogP contribution >= 0.6 is 0 Å². The van der Waals surface area contributed by atoms with Gasteiger partial charge in [-0.15, -0.1) is 0 Å². The molecule has 100 valence electrons. The average molecular weight is 259 g/mol. The summed E-state index contributed by atoms with van der Waals surface area (Å²) in [5.74, 6) is 0.241. The molecular formula is C13H16F3NO. The molecule has 1 aliphatic heterocycles. The smallest absolute Gasteiger partial charge is 0.416 e. The van der Waals surface area contributed by atoms with Crippen molar-refractivity contribution in [1.82, 2.24) is 5.32 Å². The number of alkyl halides is 3. The molecule has 0 saturated carbocycles. The molecule has 0 aliphatic carbocycles. The number of halogens is 3. The Morgan fingerprint density at radius 3 is 2.83 bits per heavy atom. The Morgan fingerprint density at radius 1 is 1.39 bits per heavy atom. The van der Waals surface area contributed by atoms with E-state index < -0.39 is 11.7 Å². The van der Waals surface area contributed by atoms with Crippen molar-refractivity contribution in [3.63, 3.8) is 0 Å². The van der Waals surface area contributed by atoms with Crippen LogP contribution in [0.5, 0.6) is 5.75 Å². The number of rotatable bonds is 4. The molecule has 1 heterocycles. The molecule has 0 aromatic heterocycles. The number of nitrogens with one attached hydrogen (secondary N) is 1. The van der Waals surface area contributed by atoms with Crippen LogP contribution < -0.4 is 10.1 Å². The second-order valence-corrected chi connectivity index (χ2v) is 4.47. The first kappa shape index (κ1) is 13.2. The Bertz CT molecular complexity index is 417. The second-order valence-electron chi connectivity index (χ2n) is 4.47. The Kier molecular flexibility index (Phi) is 3.80. The fourth-order valence-corrected chi connectivity index (χ4v) is 2.36. The monoisotopic (exact) mass is 259 g/mol. The van der Waals surface area contributed by atoms with Gasteiger partial charge in [-0.25, -0.2) is 0 Å². The van der Waals surface area contributed by atoms with Crippen LogP contribution in [0.2, 0.25) is 0 Å². The summed E-state index contributed by atoms with van der Waals surface area (Å²) in [6.45, 7) is 1.16. The van der Waals surface area contributed by atoms with E-state index in [1.54, 1.807) is 6.07 Å². The quantitative estimate of drug-likeness (QED) is 0.838. The van der Waals surface area contributed by atoms with Crippen LogP contribution in [0.4, 0.5) is 13.2 Å². The van der Waals surface area contributed by atoms with E-state index in [4.69, 9.17) is 4.74 Å². The number of benzene rings is 1. The molecule has 18 heavy (non-hydrogen) atoms. The zero-order valence-corrected chi connectivity index (χ0v) is 10.2. The molecule has 2 nitrogen and oxygen atoms in total. The van der Waals surface area contributed by atoms with E-state index in [0.717, 1.165) is 19.0 Å². The minimum absolute atomic E-state index is 0.147. The molecule has 1 aromatic rings. The maximum atomic E-state index is 12.9. The third kappa shape index (κ3) is 2.61. The van der Waals surface area contributed by atoms with Crippen molar-refractivity contribution in [3.05, 3.63) is 29.3 Å². The van der Waals surface area contributed by atoms with Gasteiger partial charge in [0.15, 0.2) is 0 Å². The van der Waals surface area contributed by atoms with Gasteiger partial charge in [-0.3, -0.25) is 0 Å². The van der Waals surface area contributed by atoms with E-state index in [0.29, 0.717) is 24.3 Å². The molecule has 0 saturated heterocycles. The topological polar surface area (TPSA) is 21.3 Å². The van der Waals surface area contributed by atoms with Gasteiger partial charge in [-0.1, -0.05) is 6.07 Å². The molecule has 0 bridgehead atoms. The number of ether oxygens (including phenoxy) is 1. The van der Waals surface area contributed by atoms with Crippen molar-refractivity contribution < 1.29 is 17.9 Å². The molecule has 1 atom stereocenters. The molecule has 1 aliphatic rings. The van der Waals surface area contributed by atoms with Gasteiger partial charge in [-0.05, 0) is 38.6 Å². The predicted octanol–water partition coefficient (Wildman–Crippen LogP) is 3.18. The first-order chi connectivity index (χ1) is 8.54. The number of hydrogen-bond donors (Lipinski definition) is 1. The zero-order valence-electron chi connectivity index (χ0n) is 10.2. The molecule has 5 heteroatoms. The molecule has 1 unspecified atom stereocenters. The SMILES string of the molecule is CNCCCC1COc2cccc(C(F)(F)F)c21. The molecule has 0 spiro atoms. The van der Waals surface area contributed by atoms with Gasteiger partial charge in [0, 0.05) is 11.5 Å². The Balaban J connectivity index is 2.24. The molecule has 1 N–H and O–H groups in total.